The first-order valence-electron chi connectivity index (χ1n) is 6.29. The summed E-state index contributed by atoms with van der Waals surface area (Å²) in [5.41, 5.74) is 4.45. The van der Waals surface area contributed by atoms with Crippen LogP contribution in [0.1, 0.15) is 5.56 Å². The molecule has 0 aliphatic heterocycles. The van der Waals surface area contributed by atoms with Crippen LogP contribution in [0.2, 0.25) is 0 Å². The molecule has 0 N–H and O–H groups in total. The Hall–Kier alpha value is -0.986. The van der Waals surface area contributed by atoms with Crippen molar-refractivity contribution in [1.82, 2.24) is 0 Å². The number of rotatable bonds is 2. The molecule has 0 fully saturated rings. The summed E-state index contributed by atoms with van der Waals surface area (Å²) in [4.78, 5) is 2.07. The third-order valence-corrected chi connectivity index (χ3v) is 2.98. The van der Waals surface area contributed by atoms with Crippen molar-refractivity contribution in [1.29, 1.82) is 0 Å². The molecule has 0 saturated heterocycles. The molecule has 0 spiro atoms. The third kappa shape index (κ3) is 4.54. The van der Waals surface area contributed by atoms with Gasteiger partial charge in [0.15, 0.2) is 0 Å². The van der Waals surface area contributed by atoms with Crippen LogP contribution in [0.15, 0.2) is 42.0 Å². The summed E-state index contributed by atoms with van der Waals surface area (Å²) in [5.74, 6) is 0. The van der Waals surface area contributed by atoms with Gasteiger partial charge in [-0.05, 0) is 19.8 Å². The van der Waals surface area contributed by atoms with E-state index in [1.54, 1.807) is 0 Å². The maximum Gasteiger partial charge on any atom is 0.124 e. The fraction of sp³-hybridized carbons (Fsp3) is 0.235. The first-order chi connectivity index (χ1) is 9.06. The maximum absolute atomic E-state index is 3.28. The van der Waals surface area contributed by atoms with E-state index in [0.29, 0.717) is 0 Å². The van der Waals surface area contributed by atoms with Crippen LogP contribution >= 0.6 is 0 Å². The summed E-state index contributed by atoms with van der Waals surface area (Å²) in [6.45, 7) is 0. The van der Waals surface area contributed by atoms with Crippen molar-refractivity contribution in [3.8, 4) is 0 Å². The number of hydrogen-bond acceptors (Lipinski definition) is 1. The van der Waals surface area contributed by atoms with Gasteiger partial charge in [0, 0.05) is 32.7 Å². The molecule has 2 rings (SSSR count). The maximum atomic E-state index is 3.28. The van der Waals surface area contributed by atoms with E-state index in [2.05, 4.69) is 52.0 Å². The van der Waals surface area contributed by atoms with Crippen LogP contribution in [0.4, 0.5) is 5.69 Å². The smallest absolute Gasteiger partial charge is 0.124 e. The van der Waals surface area contributed by atoms with E-state index >= 15 is 0 Å². The van der Waals surface area contributed by atoms with Gasteiger partial charge in [-0.1, -0.05) is 12.2 Å². The van der Waals surface area contributed by atoms with Crippen molar-refractivity contribution >= 4 is 17.5 Å². The number of hydrogen-bond donors (Lipinski definition) is 0. The van der Waals surface area contributed by atoms with Crippen molar-refractivity contribution in [2.75, 3.05) is 33.1 Å². The molecule has 0 saturated carbocycles. The van der Waals surface area contributed by atoms with Crippen molar-refractivity contribution in [3.05, 3.63) is 59.7 Å². The van der Waals surface area contributed by atoms with Crippen molar-refractivity contribution < 1.29 is 37.3 Å². The molecule has 1 aliphatic rings. The minimum Gasteiger partial charge on any atom is -0.416 e. The molecule has 20 heavy (non-hydrogen) atoms. The standard InChI is InChI=1S/C17H19N2.Y/c1-18(2)16-9-5-14(6-10-16)13-15-7-11-17(12-8-15)19(3)4;/h5,7,9-13H,1-4H3;/q-1;. The predicted molar refractivity (Wildman–Crippen MR) is 81.7 cm³/mol. The van der Waals surface area contributed by atoms with E-state index in [1.807, 2.05) is 40.3 Å². The molecule has 101 valence electrons. The Kier molecular flexibility index (Phi) is 6.58. The monoisotopic (exact) mass is 340 g/mol. The van der Waals surface area contributed by atoms with E-state index in [4.69, 9.17) is 0 Å². The van der Waals surface area contributed by atoms with E-state index in [0.717, 1.165) is 22.5 Å². The topological polar surface area (TPSA) is 6.25 Å². The second-order valence-electron chi connectivity index (χ2n) is 4.94. The molecule has 0 bridgehead atoms. The largest absolute Gasteiger partial charge is 0.416 e. The molecule has 0 heterocycles. The van der Waals surface area contributed by atoms with E-state index in [-0.39, 0.29) is 32.7 Å². The zero-order valence-electron chi connectivity index (χ0n) is 12.5. The fourth-order valence-corrected chi connectivity index (χ4v) is 1.76. The summed E-state index contributed by atoms with van der Waals surface area (Å²) in [7, 11) is 8.11. The van der Waals surface area contributed by atoms with Crippen LogP contribution in [-0.4, -0.2) is 38.5 Å². The third-order valence-electron chi connectivity index (χ3n) is 2.98. The summed E-state index contributed by atoms with van der Waals surface area (Å²) in [6, 6.07) is 9.44. The molecule has 2 nitrogen and oxygen atoms in total. The van der Waals surface area contributed by atoms with Crippen molar-refractivity contribution in [3.63, 3.8) is 0 Å². The van der Waals surface area contributed by atoms with Gasteiger partial charge in [-0.15, -0.1) is 42.5 Å². The van der Waals surface area contributed by atoms with Crippen LogP contribution in [0.25, 0.3) is 6.08 Å². The van der Waals surface area contributed by atoms with Gasteiger partial charge in [-0.3, -0.25) is 4.58 Å². The second kappa shape index (κ2) is 7.71. The molecular weight excluding hydrogens is 321 g/mol. The molecule has 3 heteroatoms. The molecule has 0 atom stereocenters. The van der Waals surface area contributed by atoms with Gasteiger partial charge >= 0.3 is 0 Å². The number of allylic oxidation sites excluding steroid dienone is 5. The van der Waals surface area contributed by atoms with Gasteiger partial charge in [0.25, 0.3) is 0 Å². The van der Waals surface area contributed by atoms with Gasteiger partial charge in [0.2, 0.25) is 0 Å². The molecular formula is C17H19N2Y-. The summed E-state index contributed by atoms with van der Waals surface area (Å²) >= 11 is 0. The zero-order valence-corrected chi connectivity index (χ0v) is 15.4. The quantitative estimate of drug-likeness (QED) is 0.593. The van der Waals surface area contributed by atoms with E-state index in [1.165, 1.54) is 0 Å². The summed E-state index contributed by atoms with van der Waals surface area (Å²) in [6.07, 6.45) is 11.5. The Bertz CT molecular complexity index is 554. The summed E-state index contributed by atoms with van der Waals surface area (Å²) < 4.78 is 2.07. The second-order valence-corrected chi connectivity index (χ2v) is 4.94. The van der Waals surface area contributed by atoms with Gasteiger partial charge in [0.1, 0.15) is 19.8 Å². The Labute approximate surface area is 147 Å². The molecule has 1 radical (unpaired) electrons. The summed E-state index contributed by atoms with van der Waals surface area (Å²) in [5, 5.41) is 0. The SMILES string of the molecule is CN(C)c1c[c-]c(C=C2[C-]=CC(=[N+](C)C)C=C2)cc1.[Y]. The zero-order chi connectivity index (χ0) is 13.8. The number of benzene rings is 1. The van der Waals surface area contributed by atoms with Crippen LogP contribution in [-0.2, 0) is 32.7 Å². The van der Waals surface area contributed by atoms with Gasteiger partial charge in [-0.25, -0.2) is 0 Å². The predicted octanol–water partition coefficient (Wildman–Crippen LogP) is 2.58. The molecule has 1 aromatic carbocycles. The average molecular weight is 340 g/mol. The van der Waals surface area contributed by atoms with Gasteiger partial charge in [-0.2, -0.15) is 11.1 Å². The molecule has 0 aromatic heterocycles. The normalized spacial score (nSPS) is 15.2. The minimum absolute atomic E-state index is 0. The fourth-order valence-electron chi connectivity index (χ4n) is 1.76. The molecule has 0 unspecified atom stereocenters. The first kappa shape index (κ1) is 17.1. The Morgan fingerprint density at radius 2 is 1.90 bits per heavy atom. The molecule has 1 aromatic rings. The number of nitrogens with zero attached hydrogens (tertiary/aromatic N) is 2. The van der Waals surface area contributed by atoms with Gasteiger partial charge < -0.3 is 4.90 Å². The molecule has 0 amide bonds. The van der Waals surface area contributed by atoms with Crippen LogP contribution < -0.4 is 4.90 Å². The van der Waals surface area contributed by atoms with Crippen LogP contribution in [0, 0.1) is 12.1 Å². The first-order valence-corrected chi connectivity index (χ1v) is 6.29. The van der Waals surface area contributed by atoms with Crippen LogP contribution in [0.3, 0.4) is 0 Å². The number of anilines is 1. The average Bonchev–Trinajstić information content (AvgIpc) is 2.40. The van der Waals surface area contributed by atoms with Gasteiger partial charge in [0.05, 0.1) is 0 Å². The Morgan fingerprint density at radius 3 is 2.35 bits per heavy atom. The van der Waals surface area contributed by atoms with Crippen molar-refractivity contribution in [2.24, 2.45) is 0 Å². The minimum atomic E-state index is 0. The van der Waals surface area contributed by atoms with Crippen molar-refractivity contribution in [2.45, 2.75) is 0 Å². The van der Waals surface area contributed by atoms with Crippen LogP contribution in [0.5, 0.6) is 0 Å². The van der Waals surface area contributed by atoms with E-state index in [9.17, 15) is 0 Å². The Morgan fingerprint density at radius 1 is 1.15 bits per heavy atom. The Balaban J connectivity index is 0.00000200. The van der Waals surface area contributed by atoms with E-state index < -0.39 is 0 Å². The molecule has 1 aliphatic carbocycles.